The number of carbonyl (C=O) groups is 2. The number of aliphatic carboxylic acids is 2. The number of carboxylic acids is 2. The molecule has 28 aromatic carbocycles. The van der Waals surface area contributed by atoms with Crippen LogP contribution >= 0.6 is 31.9 Å². The summed E-state index contributed by atoms with van der Waals surface area (Å²) in [6.07, 6.45) is 0. The Morgan fingerprint density at radius 3 is 0.371 bits per heavy atom. The highest BCUT2D eigenvalue weighted by Gasteiger charge is 2.97. The van der Waals surface area contributed by atoms with Crippen LogP contribution in [-0.4, -0.2) is 30.8 Å². The van der Waals surface area contributed by atoms with Crippen LogP contribution in [0.25, 0.3) is 291 Å². The molecule has 1 saturated carbocycles. The van der Waals surface area contributed by atoms with Crippen molar-refractivity contribution in [2.45, 2.75) is 19.5 Å². The Morgan fingerprint density at radius 1 is 0.200 bits per heavy atom. The third-order valence-corrected chi connectivity index (χ3v) is 29.0. The van der Waals surface area contributed by atoms with Crippen LogP contribution in [0.2, 0.25) is 0 Å². The van der Waals surface area contributed by atoms with Crippen LogP contribution in [0.3, 0.4) is 0 Å². The third kappa shape index (κ3) is 1.30. The summed E-state index contributed by atoms with van der Waals surface area (Å²) in [5, 5.41) is 101. The molecule has 2 spiro atoms. The van der Waals surface area contributed by atoms with Crippen molar-refractivity contribution in [1.29, 1.82) is 0 Å². The number of halogens is 2. The molecule has 0 radical (unpaired) electrons. The molecule has 0 aliphatic heterocycles. The number of rotatable bonds is 2. The van der Waals surface area contributed by atoms with Crippen LogP contribution in [0, 0.1) is 0 Å². The molecule has 33 rings (SSSR count). The van der Waals surface area contributed by atoms with Crippen molar-refractivity contribution in [3.8, 4) is 0 Å². The maximum atomic E-state index is 15.4. The summed E-state index contributed by atoms with van der Waals surface area (Å²) in [7, 11) is 0. The highest BCUT2D eigenvalue weighted by atomic mass is 79.9. The van der Waals surface area contributed by atoms with E-state index in [9.17, 15) is 10.2 Å². The molecule has 70 heavy (non-hydrogen) atoms. The second-order valence-corrected chi connectivity index (χ2v) is 27.6. The molecule has 28 aromatic rings. The van der Waals surface area contributed by atoms with E-state index in [-0.39, 0.29) is 0 Å². The van der Waals surface area contributed by atoms with Crippen LogP contribution in [0.5, 0.6) is 0 Å². The minimum atomic E-state index is -1.97. The lowest BCUT2D eigenvalue weighted by Gasteiger charge is -2.75. The first-order valence-electron chi connectivity index (χ1n) is 25.0. The van der Waals surface area contributed by atoms with E-state index < -0.39 is 31.4 Å². The Kier molecular flexibility index (Phi) is 2.23. The van der Waals surface area contributed by atoms with Crippen LogP contribution in [0.1, 0.15) is 22.3 Å². The zero-order chi connectivity index (χ0) is 42.6. The standard InChI is InChI=1S/C64H2Br2O4/c65-63(59(67)68)61-55-47-39-29-19-11-3-1-2-5-9-7(3)15-23-17(9)27-21-13(5)14-6(2)10-8-4(1)12(11)20-26-16(8)24-18(10)28-22(14)32-31(21)41-35(27)45-37(23)43(33(39)25(15)19)51(55)53(45)57-49(41)50-42(32)36(28)46-38(24)44-34(26)40(30(20)29)48(47)56(61)52(44)54(46)58(50)62(57,61)64(63,66)60(69)70/h(H,67,68)(H,69,70)/t61?,62?,63-,64-/m1/s1. The van der Waals surface area contributed by atoms with Gasteiger partial charge in [-0.05, 0) is 313 Å². The number of hydrogen-bond acceptors (Lipinski definition) is 2. The monoisotopic (exact) mass is 992 g/mol. The first-order chi connectivity index (χ1) is 34.4. The second-order valence-electron chi connectivity index (χ2n) is 25.2. The van der Waals surface area contributed by atoms with Gasteiger partial charge < -0.3 is 10.2 Å². The van der Waals surface area contributed by atoms with E-state index in [1.54, 1.807) is 10.8 Å². The Morgan fingerprint density at radius 2 is 0.286 bits per heavy atom. The molecule has 5 aliphatic carbocycles. The van der Waals surface area contributed by atoms with Gasteiger partial charge in [0.15, 0.2) is 8.65 Å². The zero-order valence-corrected chi connectivity index (χ0v) is 37.6. The van der Waals surface area contributed by atoms with Gasteiger partial charge >= 0.3 is 11.9 Å². The fourth-order valence-corrected chi connectivity index (χ4v) is 27.8. The number of hydrogen-bond donors (Lipinski definition) is 2. The van der Waals surface area contributed by atoms with E-state index in [1.807, 2.05) is 0 Å². The van der Waals surface area contributed by atoms with Gasteiger partial charge in [0.2, 0.25) is 0 Å². The summed E-state index contributed by atoms with van der Waals surface area (Å²) in [6, 6.07) is 0. The van der Waals surface area contributed by atoms with Gasteiger partial charge in [-0.1, -0.05) is 31.9 Å². The molecule has 1 fully saturated rings. The van der Waals surface area contributed by atoms with Crippen molar-refractivity contribution < 1.29 is 19.8 Å². The lowest BCUT2D eigenvalue weighted by Crippen LogP contribution is -2.91. The first-order valence-corrected chi connectivity index (χ1v) is 26.6. The normalized spacial score (nSPS) is 26.6. The highest BCUT2D eigenvalue weighted by molar-refractivity contribution is 9.13. The molecule has 6 heteroatoms. The molecule has 0 heterocycles. The Hall–Kier alpha value is -7.64. The highest BCUT2D eigenvalue weighted by Crippen LogP contribution is 2.93. The minimum Gasteiger partial charge on any atom is -0.480 e. The van der Waals surface area contributed by atoms with Gasteiger partial charge in [0.1, 0.15) is 0 Å². The van der Waals surface area contributed by atoms with Gasteiger partial charge in [-0.2, -0.15) is 0 Å². The van der Waals surface area contributed by atoms with Crippen molar-refractivity contribution >= 4 is 335 Å². The predicted molar refractivity (Wildman–Crippen MR) is 292 cm³/mol. The summed E-state index contributed by atoms with van der Waals surface area (Å²) in [5.41, 5.74) is 1.91. The molecule has 296 valence electrons. The van der Waals surface area contributed by atoms with Gasteiger partial charge in [-0.25, -0.2) is 0 Å². The topological polar surface area (TPSA) is 74.6 Å². The second kappa shape index (κ2) is 5.80. The van der Waals surface area contributed by atoms with Crippen LogP contribution in [0.4, 0.5) is 0 Å². The summed E-state index contributed by atoms with van der Waals surface area (Å²) in [5.74, 6) is -2.20. The summed E-state index contributed by atoms with van der Waals surface area (Å²) in [4.78, 5) is 30.8. The number of alkyl halides is 2. The maximum absolute atomic E-state index is 15.4. The van der Waals surface area contributed by atoms with Gasteiger partial charge in [0.25, 0.3) is 0 Å². The third-order valence-electron chi connectivity index (χ3n) is 25.4. The van der Waals surface area contributed by atoms with Crippen LogP contribution < -0.4 is 0 Å². The summed E-state index contributed by atoms with van der Waals surface area (Å²) < 4.78 is -3.94. The molecule has 2 N–H and O–H groups in total. The number of carboxylic acid groups (broad SMARTS) is 2. The quantitative estimate of drug-likeness (QED) is 0.134. The van der Waals surface area contributed by atoms with Crippen molar-refractivity contribution in [2.24, 2.45) is 0 Å². The molecular formula is C64H2Br2O4. The number of benzene rings is 18. The lowest BCUT2D eigenvalue weighted by atomic mass is 9.29. The van der Waals surface area contributed by atoms with Gasteiger partial charge in [-0.3, -0.25) is 9.59 Å². The van der Waals surface area contributed by atoms with E-state index in [1.165, 1.54) is 280 Å². The van der Waals surface area contributed by atoms with Gasteiger partial charge in [-0.15, -0.1) is 0 Å². The fraction of sp³-hybridized carbons (Fsp3) is 0.0625. The van der Waals surface area contributed by atoms with E-state index in [2.05, 4.69) is 31.9 Å². The smallest absolute Gasteiger partial charge is 0.323 e. The SMILES string of the molecule is O=C(O)[C@@]1(Br)C23c4c5c6c7c8c9c(c%10c%11c2c2c4c4c%12c5c5c6c6c8c8c%13c9c9c%10c%10c%11c%11c2c2c4c4c%12c%12c5c5c6c8c6c8c%13c9c9c%10c%10c%11c2c2c4c4c%12c5c6c5c8c9c%10c2c45)C73[C@]1(Br)C(=O)O. The zero-order valence-electron chi connectivity index (χ0n) is 34.5. The predicted octanol–water partition coefficient (Wildman–Crippen LogP) is 16.7. The Labute approximate surface area is 393 Å². The van der Waals surface area contributed by atoms with Crippen molar-refractivity contribution in [2.75, 3.05) is 0 Å². The summed E-state index contributed by atoms with van der Waals surface area (Å²) >= 11 is 8.51. The molecule has 0 bridgehead atoms. The molecule has 4 nitrogen and oxygen atoms in total. The first kappa shape index (κ1) is 26.9. The minimum absolute atomic E-state index is 1.10. The summed E-state index contributed by atoms with van der Waals surface area (Å²) in [6.45, 7) is 0. The van der Waals surface area contributed by atoms with Gasteiger partial charge in [0, 0.05) is 0 Å². The molecule has 0 unspecified atom stereocenters. The van der Waals surface area contributed by atoms with Gasteiger partial charge in [0.05, 0.1) is 10.8 Å². The molecule has 2 atom stereocenters. The largest absolute Gasteiger partial charge is 0.480 e. The van der Waals surface area contributed by atoms with Crippen molar-refractivity contribution in [3.05, 3.63) is 22.3 Å². The van der Waals surface area contributed by atoms with E-state index in [4.69, 9.17) is 0 Å². The van der Waals surface area contributed by atoms with Crippen molar-refractivity contribution in [3.63, 3.8) is 0 Å². The molecule has 0 amide bonds. The van der Waals surface area contributed by atoms with Crippen LogP contribution in [0.15, 0.2) is 0 Å². The average Bonchev–Trinajstić information content (AvgIpc) is 4.24. The molecular weight excluding hydrogens is 993 g/mol. The average molecular weight is 995 g/mol. The Bertz CT molecular complexity index is 6770. The van der Waals surface area contributed by atoms with Crippen LogP contribution in [-0.2, 0) is 20.4 Å². The lowest BCUT2D eigenvalue weighted by molar-refractivity contribution is -0.164. The molecule has 0 saturated heterocycles. The van der Waals surface area contributed by atoms with E-state index in [0.717, 1.165) is 22.3 Å². The maximum Gasteiger partial charge on any atom is 0.323 e. The molecule has 0 aromatic heterocycles. The van der Waals surface area contributed by atoms with Crippen molar-refractivity contribution in [1.82, 2.24) is 0 Å². The van der Waals surface area contributed by atoms with E-state index in [0.29, 0.717) is 0 Å². The Balaban J connectivity index is 1.23. The fourth-order valence-electron chi connectivity index (χ4n) is 25.5. The van der Waals surface area contributed by atoms with E-state index >= 15 is 9.59 Å². The molecule has 5 aliphatic rings.